The van der Waals surface area contributed by atoms with Crippen LogP contribution in [-0.4, -0.2) is 41.2 Å². The highest BCUT2D eigenvalue weighted by molar-refractivity contribution is 5.31. The molecule has 0 spiro atoms. The molecule has 2 aromatic rings. The van der Waals surface area contributed by atoms with Gasteiger partial charge in [-0.1, -0.05) is 12.1 Å². The number of aryl methyl sites for hydroxylation is 1. The average molecular weight is 347 g/mol. The number of aromatic nitrogens is 2. The van der Waals surface area contributed by atoms with Crippen molar-refractivity contribution in [1.82, 2.24) is 15.1 Å². The molecule has 1 aromatic heterocycles. The summed E-state index contributed by atoms with van der Waals surface area (Å²) >= 11 is 0. The maximum Gasteiger partial charge on any atom is 0.169 e. The summed E-state index contributed by atoms with van der Waals surface area (Å²) in [6.45, 7) is 1.43. The molecule has 7 heteroatoms. The summed E-state index contributed by atoms with van der Waals surface area (Å²) < 4.78 is 33.3. The summed E-state index contributed by atoms with van der Waals surface area (Å²) in [5.74, 6) is 0.758. The molecule has 0 bridgehead atoms. The van der Waals surface area contributed by atoms with Crippen LogP contribution in [0, 0.1) is 5.82 Å². The molecule has 25 heavy (non-hydrogen) atoms. The fourth-order valence-corrected chi connectivity index (χ4v) is 2.87. The molecule has 2 atom stereocenters. The first-order valence-corrected chi connectivity index (χ1v) is 8.59. The van der Waals surface area contributed by atoms with E-state index in [1.54, 1.807) is 23.0 Å². The zero-order chi connectivity index (χ0) is 17.2. The smallest absolute Gasteiger partial charge is 0.169 e. The zero-order valence-electron chi connectivity index (χ0n) is 14.2. The fourth-order valence-electron chi connectivity index (χ4n) is 2.87. The van der Waals surface area contributed by atoms with Gasteiger partial charge in [-0.15, -0.1) is 0 Å². The lowest BCUT2D eigenvalue weighted by atomic mass is 10.1. The molecular formula is C18H22FN3O3. The third-order valence-electron chi connectivity index (χ3n) is 4.41. The van der Waals surface area contributed by atoms with Gasteiger partial charge in [0.05, 0.1) is 37.8 Å². The van der Waals surface area contributed by atoms with Crippen LogP contribution in [0.4, 0.5) is 4.39 Å². The molecule has 2 fully saturated rings. The molecule has 1 aliphatic carbocycles. The Morgan fingerprint density at radius 1 is 1.32 bits per heavy atom. The summed E-state index contributed by atoms with van der Waals surface area (Å²) in [7, 11) is 1.84. The molecule has 1 saturated heterocycles. The van der Waals surface area contributed by atoms with E-state index >= 15 is 0 Å². The molecular weight excluding hydrogens is 325 g/mol. The van der Waals surface area contributed by atoms with Crippen molar-refractivity contribution in [3.05, 3.63) is 42.0 Å². The van der Waals surface area contributed by atoms with Crippen LogP contribution < -0.4 is 14.8 Å². The lowest BCUT2D eigenvalue weighted by molar-refractivity contribution is 0.139. The number of halogens is 1. The Labute approximate surface area is 145 Å². The Balaban J connectivity index is 1.36. The van der Waals surface area contributed by atoms with Crippen molar-refractivity contribution in [3.63, 3.8) is 0 Å². The maximum atomic E-state index is 14.5. The lowest BCUT2D eigenvalue weighted by Gasteiger charge is -2.20. The highest BCUT2D eigenvalue weighted by Crippen LogP contribution is 2.29. The Morgan fingerprint density at radius 3 is 2.96 bits per heavy atom. The van der Waals surface area contributed by atoms with Crippen LogP contribution in [0.15, 0.2) is 30.6 Å². The molecule has 1 aliphatic heterocycles. The highest BCUT2D eigenvalue weighted by atomic mass is 19.1. The predicted molar refractivity (Wildman–Crippen MR) is 89.1 cm³/mol. The first kappa shape index (κ1) is 16.4. The van der Waals surface area contributed by atoms with Crippen LogP contribution in [0.1, 0.15) is 18.4 Å². The topological polar surface area (TPSA) is 57.5 Å². The number of ether oxygens (including phenoxy) is 3. The minimum Gasteiger partial charge on any atom is -0.487 e. The van der Waals surface area contributed by atoms with E-state index in [2.05, 4.69) is 10.4 Å². The summed E-state index contributed by atoms with van der Waals surface area (Å²) in [6.07, 6.45) is 5.56. The van der Waals surface area contributed by atoms with E-state index in [4.69, 9.17) is 14.2 Å². The molecule has 2 heterocycles. The van der Waals surface area contributed by atoms with Gasteiger partial charge in [0, 0.05) is 19.2 Å². The number of nitrogens with zero attached hydrogens (tertiary/aromatic N) is 2. The second-order valence-corrected chi connectivity index (χ2v) is 6.58. The van der Waals surface area contributed by atoms with Crippen molar-refractivity contribution in [1.29, 1.82) is 0 Å². The van der Waals surface area contributed by atoms with Crippen LogP contribution in [0.2, 0.25) is 0 Å². The lowest BCUT2D eigenvalue weighted by Crippen LogP contribution is -2.41. The van der Waals surface area contributed by atoms with Gasteiger partial charge >= 0.3 is 0 Å². The summed E-state index contributed by atoms with van der Waals surface area (Å²) in [4.78, 5) is 0. The number of nitrogens with one attached hydrogen (secondary N) is 1. The number of hydrogen-bond acceptors (Lipinski definition) is 5. The summed E-state index contributed by atoms with van der Waals surface area (Å²) in [6, 6.07) is 5.28. The number of hydrogen-bond donors (Lipinski definition) is 1. The standard InChI is InChI=1S/C18H22FN3O3/c1-22-9-14(8-21-22)25-17-11-23-10-15(17)20-7-12-3-2-4-16(18(12)19)24-13-5-6-13/h2-4,8-9,13,15,17,20H,5-7,10-11H2,1H3/t15-,17+/m0/s1. The van der Waals surface area contributed by atoms with E-state index in [1.165, 1.54) is 0 Å². The van der Waals surface area contributed by atoms with Crippen molar-refractivity contribution in [3.8, 4) is 11.5 Å². The minimum atomic E-state index is -0.287. The molecule has 2 aliphatic rings. The average Bonchev–Trinajstić information content (AvgIpc) is 3.16. The van der Waals surface area contributed by atoms with Gasteiger partial charge in [-0.05, 0) is 18.9 Å². The second kappa shape index (κ2) is 7.01. The van der Waals surface area contributed by atoms with Crippen molar-refractivity contribution in [2.45, 2.75) is 37.6 Å². The summed E-state index contributed by atoms with van der Waals surface area (Å²) in [5.41, 5.74) is 0.588. The first-order chi connectivity index (χ1) is 12.2. The van der Waals surface area contributed by atoms with Gasteiger partial charge in [-0.3, -0.25) is 4.68 Å². The van der Waals surface area contributed by atoms with Gasteiger partial charge in [0.25, 0.3) is 0 Å². The van der Waals surface area contributed by atoms with E-state index < -0.39 is 0 Å². The molecule has 0 amide bonds. The van der Waals surface area contributed by atoms with Crippen molar-refractivity contribution >= 4 is 0 Å². The first-order valence-electron chi connectivity index (χ1n) is 8.59. The Bertz CT molecular complexity index is 732. The van der Waals surface area contributed by atoms with Crippen LogP contribution in [-0.2, 0) is 18.3 Å². The van der Waals surface area contributed by atoms with Crippen LogP contribution in [0.3, 0.4) is 0 Å². The summed E-state index contributed by atoms with van der Waals surface area (Å²) in [5, 5.41) is 7.43. The quantitative estimate of drug-likeness (QED) is 0.831. The Hall–Kier alpha value is -2.12. The molecule has 6 nitrogen and oxygen atoms in total. The largest absolute Gasteiger partial charge is 0.487 e. The van der Waals surface area contributed by atoms with E-state index in [0.717, 1.165) is 12.8 Å². The molecule has 0 unspecified atom stereocenters. The molecule has 1 aromatic carbocycles. The third-order valence-corrected chi connectivity index (χ3v) is 4.41. The van der Waals surface area contributed by atoms with Gasteiger partial charge in [0.1, 0.15) is 6.10 Å². The minimum absolute atomic E-state index is 0.00684. The van der Waals surface area contributed by atoms with E-state index in [1.807, 2.05) is 19.3 Å². The van der Waals surface area contributed by atoms with Crippen molar-refractivity contribution in [2.75, 3.05) is 13.2 Å². The fraction of sp³-hybridized carbons (Fsp3) is 0.500. The van der Waals surface area contributed by atoms with Crippen LogP contribution in [0.5, 0.6) is 11.5 Å². The Morgan fingerprint density at radius 2 is 2.20 bits per heavy atom. The second-order valence-electron chi connectivity index (χ2n) is 6.58. The predicted octanol–water partition coefficient (Wildman–Crippen LogP) is 2.04. The molecule has 1 saturated carbocycles. The van der Waals surface area contributed by atoms with Gasteiger partial charge in [0.15, 0.2) is 17.3 Å². The maximum absolute atomic E-state index is 14.5. The van der Waals surface area contributed by atoms with Gasteiger partial charge in [-0.25, -0.2) is 4.39 Å². The SMILES string of the molecule is Cn1cc(O[C@@H]2COC[C@@H]2NCc2cccc(OC3CC3)c2F)cn1. The number of benzene rings is 1. The van der Waals surface area contributed by atoms with Crippen molar-refractivity contribution in [2.24, 2.45) is 7.05 Å². The normalized spacial score (nSPS) is 23.0. The molecule has 134 valence electrons. The van der Waals surface area contributed by atoms with Gasteiger partial charge < -0.3 is 19.5 Å². The monoisotopic (exact) mass is 347 g/mol. The number of rotatable bonds is 7. The van der Waals surface area contributed by atoms with Gasteiger partial charge in [-0.2, -0.15) is 5.10 Å². The third kappa shape index (κ3) is 3.93. The van der Waals surface area contributed by atoms with Crippen LogP contribution in [0.25, 0.3) is 0 Å². The van der Waals surface area contributed by atoms with Crippen LogP contribution >= 0.6 is 0 Å². The molecule has 0 radical (unpaired) electrons. The Kier molecular flexibility index (Phi) is 4.59. The molecule has 4 rings (SSSR count). The van der Waals surface area contributed by atoms with Gasteiger partial charge in [0.2, 0.25) is 0 Å². The van der Waals surface area contributed by atoms with E-state index in [0.29, 0.717) is 36.8 Å². The van der Waals surface area contributed by atoms with E-state index in [-0.39, 0.29) is 24.1 Å². The molecule has 1 N–H and O–H groups in total. The van der Waals surface area contributed by atoms with E-state index in [9.17, 15) is 4.39 Å². The zero-order valence-corrected chi connectivity index (χ0v) is 14.2. The highest BCUT2D eigenvalue weighted by Gasteiger charge is 2.30. The van der Waals surface area contributed by atoms with Crippen molar-refractivity contribution < 1.29 is 18.6 Å².